The predicted molar refractivity (Wildman–Crippen MR) is 62.4 cm³/mol. The van der Waals surface area contributed by atoms with Gasteiger partial charge in [-0.15, -0.1) is 0 Å². The molecule has 2 N–H and O–H groups in total. The molecule has 0 aliphatic rings. The minimum Gasteiger partial charge on any atom is -0.396 e. The molecule has 0 fully saturated rings. The van der Waals surface area contributed by atoms with Crippen LogP contribution in [0, 0.1) is 0 Å². The zero-order valence-corrected chi connectivity index (χ0v) is 10.00. The van der Waals surface area contributed by atoms with Gasteiger partial charge in [0.25, 0.3) is 0 Å². The Morgan fingerprint density at radius 1 is 1.33 bits per heavy atom. The summed E-state index contributed by atoms with van der Waals surface area (Å²) >= 11 is 0. The summed E-state index contributed by atoms with van der Waals surface area (Å²) in [6.45, 7) is 0.113. The molecule has 1 unspecified atom stereocenters. The van der Waals surface area contributed by atoms with Gasteiger partial charge >= 0.3 is 6.18 Å². The topological polar surface area (TPSA) is 41.5 Å². The van der Waals surface area contributed by atoms with E-state index in [1.54, 1.807) is 0 Å². The molecular weight excluding hydrogens is 247 g/mol. The predicted octanol–water partition coefficient (Wildman–Crippen LogP) is 2.51. The van der Waals surface area contributed by atoms with Crippen LogP contribution < -0.4 is 5.32 Å². The van der Waals surface area contributed by atoms with Gasteiger partial charge in [0.15, 0.2) is 0 Å². The number of aliphatic hydroxyl groups excluding tert-OH is 1. The Hall–Kier alpha value is -1.27. The lowest BCUT2D eigenvalue weighted by atomic mass is 10.1. The number of methoxy groups -OCH3 is 1. The highest BCUT2D eigenvalue weighted by Gasteiger charge is 2.33. The highest BCUT2D eigenvalue weighted by molar-refractivity contribution is 5.53. The van der Waals surface area contributed by atoms with Crippen molar-refractivity contribution in [3.63, 3.8) is 0 Å². The molecule has 1 aromatic rings. The number of benzene rings is 1. The Labute approximate surface area is 104 Å². The summed E-state index contributed by atoms with van der Waals surface area (Å²) in [5.41, 5.74) is -0.718. The number of aliphatic hydroxyl groups is 1. The molecule has 6 heteroatoms. The van der Waals surface area contributed by atoms with Gasteiger partial charge in [0.05, 0.1) is 18.2 Å². The number of anilines is 1. The van der Waals surface area contributed by atoms with Crippen molar-refractivity contribution in [3.8, 4) is 0 Å². The molecule has 1 aromatic carbocycles. The zero-order valence-electron chi connectivity index (χ0n) is 10.00. The standard InChI is InChI=1S/C12H16F3NO2/c1-18-8-9(6-7-17)16-11-5-3-2-4-10(11)12(13,14)15/h2-5,9,16-17H,6-8H2,1H3. The average molecular weight is 263 g/mol. The first-order valence-corrected chi connectivity index (χ1v) is 5.51. The van der Waals surface area contributed by atoms with Crippen molar-refractivity contribution in [3.05, 3.63) is 29.8 Å². The van der Waals surface area contributed by atoms with Crippen LogP contribution in [-0.4, -0.2) is 31.5 Å². The maximum absolute atomic E-state index is 12.7. The van der Waals surface area contributed by atoms with Crippen LogP contribution in [0.25, 0.3) is 0 Å². The number of hydrogen-bond acceptors (Lipinski definition) is 3. The number of alkyl halides is 3. The molecule has 3 nitrogen and oxygen atoms in total. The Bertz CT molecular complexity index is 363. The highest BCUT2D eigenvalue weighted by atomic mass is 19.4. The molecule has 1 atom stereocenters. The van der Waals surface area contributed by atoms with Crippen molar-refractivity contribution in [2.45, 2.75) is 18.6 Å². The summed E-state index contributed by atoms with van der Waals surface area (Å²) in [5, 5.41) is 11.6. The average Bonchev–Trinajstić information content (AvgIpc) is 2.29. The van der Waals surface area contributed by atoms with E-state index in [0.717, 1.165) is 6.07 Å². The molecule has 0 heterocycles. The van der Waals surface area contributed by atoms with Gasteiger partial charge in [0.1, 0.15) is 0 Å². The van der Waals surface area contributed by atoms with Gasteiger partial charge in [-0.25, -0.2) is 0 Å². The molecule has 0 aromatic heterocycles. The van der Waals surface area contributed by atoms with Crippen LogP contribution in [0.4, 0.5) is 18.9 Å². The first-order chi connectivity index (χ1) is 8.49. The van der Waals surface area contributed by atoms with Crippen molar-refractivity contribution in [1.29, 1.82) is 0 Å². The first kappa shape index (κ1) is 14.8. The molecule has 1 rings (SSSR count). The molecular formula is C12H16F3NO2. The number of nitrogens with one attached hydrogen (secondary N) is 1. The van der Waals surface area contributed by atoms with E-state index in [-0.39, 0.29) is 24.9 Å². The van der Waals surface area contributed by atoms with E-state index in [1.807, 2.05) is 0 Å². The van der Waals surface area contributed by atoms with Crippen LogP contribution in [0.5, 0.6) is 0 Å². The van der Waals surface area contributed by atoms with Crippen molar-refractivity contribution >= 4 is 5.69 Å². The second kappa shape index (κ2) is 6.61. The van der Waals surface area contributed by atoms with Gasteiger partial charge in [-0.1, -0.05) is 12.1 Å². The number of ether oxygens (including phenoxy) is 1. The normalized spacial score (nSPS) is 13.4. The van der Waals surface area contributed by atoms with Gasteiger partial charge < -0.3 is 15.2 Å². The fourth-order valence-corrected chi connectivity index (χ4v) is 1.63. The molecule has 0 aliphatic heterocycles. The monoisotopic (exact) mass is 263 g/mol. The van der Waals surface area contributed by atoms with Crippen LogP contribution in [0.2, 0.25) is 0 Å². The van der Waals surface area contributed by atoms with Crippen LogP contribution in [0.1, 0.15) is 12.0 Å². The van der Waals surface area contributed by atoms with E-state index >= 15 is 0 Å². The maximum Gasteiger partial charge on any atom is 0.418 e. The molecule has 0 saturated carbocycles. The summed E-state index contributed by atoms with van der Waals surface area (Å²) in [6, 6.07) is 4.89. The van der Waals surface area contributed by atoms with Crippen LogP contribution in [-0.2, 0) is 10.9 Å². The zero-order chi connectivity index (χ0) is 13.6. The Balaban J connectivity index is 2.88. The minimum atomic E-state index is -4.40. The van der Waals surface area contributed by atoms with Gasteiger partial charge in [-0.05, 0) is 18.6 Å². The molecule has 18 heavy (non-hydrogen) atoms. The van der Waals surface area contributed by atoms with Crippen LogP contribution in [0.3, 0.4) is 0 Å². The molecule has 0 amide bonds. The quantitative estimate of drug-likeness (QED) is 0.828. The van der Waals surface area contributed by atoms with E-state index in [4.69, 9.17) is 9.84 Å². The smallest absolute Gasteiger partial charge is 0.396 e. The number of halogens is 3. The lowest BCUT2D eigenvalue weighted by Crippen LogP contribution is -2.27. The van der Waals surface area contributed by atoms with Gasteiger partial charge in [-0.2, -0.15) is 13.2 Å². The lowest BCUT2D eigenvalue weighted by Gasteiger charge is -2.21. The minimum absolute atomic E-state index is 0.000463. The molecule has 102 valence electrons. The largest absolute Gasteiger partial charge is 0.418 e. The third kappa shape index (κ3) is 4.19. The Kier molecular flexibility index (Phi) is 5.43. The first-order valence-electron chi connectivity index (χ1n) is 5.51. The van der Waals surface area contributed by atoms with E-state index in [2.05, 4.69) is 5.32 Å². The van der Waals surface area contributed by atoms with Crippen molar-refractivity contribution in [2.24, 2.45) is 0 Å². The van der Waals surface area contributed by atoms with E-state index in [9.17, 15) is 13.2 Å². The second-order valence-electron chi connectivity index (χ2n) is 3.85. The second-order valence-corrected chi connectivity index (χ2v) is 3.85. The van der Waals surface area contributed by atoms with E-state index in [1.165, 1.54) is 25.3 Å². The molecule has 0 aliphatic carbocycles. The van der Waals surface area contributed by atoms with Crippen molar-refractivity contribution in [1.82, 2.24) is 0 Å². The molecule has 0 saturated heterocycles. The van der Waals surface area contributed by atoms with Gasteiger partial charge in [0.2, 0.25) is 0 Å². The summed E-state index contributed by atoms with van der Waals surface area (Å²) in [4.78, 5) is 0. The highest BCUT2D eigenvalue weighted by Crippen LogP contribution is 2.34. The van der Waals surface area contributed by atoms with E-state index < -0.39 is 11.7 Å². The lowest BCUT2D eigenvalue weighted by molar-refractivity contribution is -0.137. The molecule has 0 radical (unpaired) electrons. The summed E-state index contributed by atoms with van der Waals surface area (Å²) in [7, 11) is 1.46. The number of hydrogen-bond donors (Lipinski definition) is 2. The maximum atomic E-state index is 12.7. The van der Waals surface area contributed by atoms with Gasteiger partial charge in [0, 0.05) is 19.4 Å². The Morgan fingerprint density at radius 3 is 2.56 bits per heavy atom. The Morgan fingerprint density at radius 2 is 2.00 bits per heavy atom. The summed E-state index contributed by atoms with van der Waals surface area (Å²) in [5.74, 6) is 0. The SMILES string of the molecule is COCC(CCO)Nc1ccccc1C(F)(F)F. The van der Waals surface area contributed by atoms with Crippen molar-refractivity contribution < 1.29 is 23.0 Å². The van der Waals surface area contributed by atoms with Crippen molar-refractivity contribution in [2.75, 3.05) is 25.6 Å². The fraction of sp³-hybridized carbons (Fsp3) is 0.500. The number of para-hydroxylation sites is 1. The third-order valence-electron chi connectivity index (χ3n) is 2.44. The molecule has 0 spiro atoms. The third-order valence-corrected chi connectivity index (χ3v) is 2.44. The van der Waals surface area contributed by atoms with Crippen LogP contribution >= 0.6 is 0 Å². The van der Waals surface area contributed by atoms with Gasteiger partial charge in [-0.3, -0.25) is 0 Å². The summed E-state index contributed by atoms with van der Waals surface area (Å²) < 4.78 is 43.1. The fourth-order valence-electron chi connectivity index (χ4n) is 1.63. The number of rotatable bonds is 6. The molecule has 0 bridgehead atoms. The summed E-state index contributed by atoms with van der Waals surface area (Å²) in [6.07, 6.45) is -4.08. The van der Waals surface area contributed by atoms with Crippen LogP contribution in [0.15, 0.2) is 24.3 Å². The van der Waals surface area contributed by atoms with E-state index in [0.29, 0.717) is 6.42 Å².